The zero-order valence-electron chi connectivity index (χ0n) is 20.9. The summed E-state index contributed by atoms with van der Waals surface area (Å²) in [6.45, 7) is 1.74. The molecule has 3 aromatic rings. The average Bonchev–Trinajstić information content (AvgIpc) is 2.92. The van der Waals surface area contributed by atoms with Crippen molar-refractivity contribution in [2.75, 3.05) is 50.1 Å². The van der Waals surface area contributed by atoms with Crippen LogP contribution in [-0.2, 0) is 16.1 Å². The van der Waals surface area contributed by atoms with E-state index in [0.29, 0.717) is 43.1 Å². The molecule has 1 aliphatic rings. The molecule has 0 spiro atoms. The molecule has 10 heteroatoms. The molecule has 2 N–H and O–H groups in total. The third kappa shape index (κ3) is 6.71. The lowest BCUT2D eigenvalue weighted by molar-refractivity contribution is -0.119. The summed E-state index contributed by atoms with van der Waals surface area (Å²) in [5.74, 6) is -1.81. The summed E-state index contributed by atoms with van der Waals surface area (Å²) < 4.78 is 31.7. The van der Waals surface area contributed by atoms with Gasteiger partial charge in [-0.15, -0.1) is 0 Å². The Morgan fingerprint density at radius 1 is 0.895 bits per heavy atom. The van der Waals surface area contributed by atoms with Gasteiger partial charge in [0.15, 0.2) is 0 Å². The number of methoxy groups -OCH3 is 1. The molecule has 4 rings (SSSR count). The fourth-order valence-electron chi connectivity index (χ4n) is 4.23. The van der Waals surface area contributed by atoms with E-state index in [0.717, 1.165) is 5.56 Å². The molecular weight excluding hydrogens is 494 g/mol. The number of halogens is 2. The molecule has 0 aliphatic carbocycles. The van der Waals surface area contributed by atoms with E-state index in [1.165, 1.54) is 37.4 Å². The fraction of sp³-hybridized carbons (Fsp3) is 0.250. The number of hydrogen-bond acceptors (Lipinski definition) is 5. The van der Waals surface area contributed by atoms with Gasteiger partial charge in [-0.3, -0.25) is 14.4 Å². The Hall–Kier alpha value is -4.31. The molecular formula is C28H28F2N4O4. The van der Waals surface area contributed by atoms with E-state index >= 15 is 0 Å². The number of carbonyl (C=O) groups excluding carboxylic acids is 3. The molecule has 8 nitrogen and oxygen atoms in total. The van der Waals surface area contributed by atoms with Crippen molar-refractivity contribution in [2.45, 2.75) is 6.54 Å². The molecule has 0 saturated carbocycles. The van der Waals surface area contributed by atoms with Crippen molar-refractivity contribution < 1.29 is 27.9 Å². The second-order valence-electron chi connectivity index (χ2n) is 8.81. The molecule has 3 amide bonds. The molecule has 3 aromatic carbocycles. The van der Waals surface area contributed by atoms with Gasteiger partial charge in [0.25, 0.3) is 11.8 Å². The Kier molecular flexibility index (Phi) is 8.65. The number of carbonyl (C=O) groups is 3. The van der Waals surface area contributed by atoms with E-state index in [9.17, 15) is 23.2 Å². The number of piperazine rings is 1. The Morgan fingerprint density at radius 2 is 1.63 bits per heavy atom. The van der Waals surface area contributed by atoms with Crippen LogP contribution in [0.4, 0.5) is 20.2 Å². The van der Waals surface area contributed by atoms with E-state index in [1.54, 1.807) is 41.3 Å². The first-order valence-electron chi connectivity index (χ1n) is 12.1. The summed E-state index contributed by atoms with van der Waals surface area (Å²) in [6, 6.07) is 16.5. The number of benzene rings is 3. The van der Waals surface area contributed by atoms with Gasteiger partial charge in [-0.05, 0) is 54.1 Å². The summed E-state index contributed by atoms with van der Waals surface area (Å²) in [4.78, 5) is 41.7. The first kappa shape index (κ1) is 26.7. The van der Waals surface area contributed by atoms with Crippen LogP contribution in [0.3, 0.4) is 0 Å². The zero-order chi connectivity index (χ0) is 27.1. The SMILES string of the molecule is COCC(=O)Nc1ccc(N2CCN(C(=O)c3cccc(F)c3)CC2)c(C(=O)NCc2ccc(F)cc2)c1. The van der Waals surface area contributed by atoms with Crippen molar-refractivity contribution in [1.82, 2.24) is 10.2 Å². The van der Waals surface area contributed by atoms with Crippen LogP contribution in [0.5, 0.6) is 0 Å². The monoisotopic (exact) mass is 522 g/mol. The minimum atomic E-state index is -0.469. The van der Waals surface area contributed by atoms with Gasteiger partial charge in [0.2, 0.25) is 5.91 Å². The predicted octanol–water partition coefficient (Wildman–Crippen LogP) is 3.44. The van der Waals surface area contributed by atoms with Crippen molar-refractivity contribution in [3.05, 3.63) is 95.1 Å². The smallest absolute Gasteiger partial charge is 0.254 e. The lowest BCUT2D eigenvalue weighted by Crippen LogP contribution is -2.49. The predicted molar refractivity (Wildman–Crippen MR) is 139 cm³/mol. The van der Waals surface area contributed by atoms with Gasteiger partial charge in [0.1, 0.15) is 18.2 Å². The van der Waals surface area contributed by atoms with E-state index in [-0.39, 0.29) is 42.3 Å². The number of ether oxygens (including phenoxy) is 1. The van der Waals surface area contributed by atoms with Gasteiger partial charge in [0, 0.05) is 56.8 Å². The van der Waals surface area contributed by atoms with Crippen LogP contribution in [-0.4, -0.2) is 62.5 Å². The number of nitrogens with zero attached hydrogens (tertiary/aromatic N) is 2. The lowest BCUT2D eigenvalue weighted by atomic mass is 10.1. The number of amides is 3. The lowest BCUT2D eigenvalue weighted by Gasteiger charge is -2.37. The maximum atomic E-state index is 13.6. The normalized spacial score (nSPS) is 13.2. The Balaban J connectivity index is 1.50. The molecule has 38 heavy (non-hydrogen) atoms. The molecule has 1 fully saturated rings. The van der Waals surface area contributed by atoms with Gasteiger partial charge >= 0.3 is 0 Å². The highest BCUT2D eigenvalue weighted by Crippen LogP contribution is 2.26. The number of nitrogens with one attached hydrogen (secondary N) is 2. The summed E-state index contributed by atoms with van der Waals surface area (Å²) in [7, 11) is 1.41. The van der Waals surface area contributed by atoms with Gasteiger partial charge in [-0.25, -0.2) is 8.78 Å². The van der Waals surface area contributed by atoms with E-state index < -0.39 is 5.82 Å². The average molecular weight is 523 g/mol. The van der Waals surface area contributed by atoms with Gasteiger partial charge in [-0.1, -0.05) is 18.2 Å². The molecule has 0 atom stereocenters. The Bertz CT molecular complexity index is 1310. The Labute approximate surface area is 219 Å². The minimum Gasteiger partial charge on any atom is -0.375 e. The highest BCUT2D eigenvalue weighted by molar-refractivity contribution is 6.02. The van der Waals surface area contributed by atoms with Crippen LogP contribution in [0.15, 0.2) is 66.7 Å². The van der Waals surface area contributed by atoms with Crippen molar-refractivity contribution in [3.8, 4) is 0 Å². The maximum absolute atomic E-state index is 13.6. The highest BCUT2D eigenvalue weighted by Gasteiger charge is 2.25. The van der Waals surface area contributed by atoms with Crippen molar-refractivity contribution >= 4 is 29.1 Å². The molecule has 0 unspecified atom stereocenters. The highest BCUT2D eigenvalue weighted by atomic mass is 19.1. The van der Waals surface area contributed by atoms with Crippen LogP contribution in [0, 0.1) is 11.6 Å². The number of hydrogen-bond donors (Lipinski definition) is 2. The van der Waals surface area contributed by atoms with Crippen molar-refractivity contribution in [2.24, 2.45) is 0 Å². The standard InChI is InChI=1S/C28H28F2N4O4/c1-38-18-26(35)32-23-9-10-25(24(16-23)27(36)31-17-19-5-7-21(29)8-6-19)33-11-13-34(14-12-33)28(37)20-3-2-4-22(30)15-20/h2-10,15-16H,11-14,17-18H2,1H3,(H,31,36)(H,32,35). The molecule has 1 heterocycles. The topological polar surface area (TPSA) is 91.0 Å². The van der Waals surface area contributed by atoms with Crippen molar-refractivity contribution in [1.29, 1.82) is 0 Å². The van der Waals surface area contributed by atoms with E-state index in [4.69, 9.17) is 4.74 Å². The number of rotatable bonds is 8. The molecule has 0 bridgehead atoms. The van der Waals surface area contributed by atoms with Gasteiger partial charge in [0.05, 0.1) is 5.56 Å². The first-order valence-corrected chi connectivity index (χ1v) is 12.1. The fourth-order valence-corrected chi connectivity index (χ4v) is 4.23. The molecule has 198 valence electrons. The van der Waals surface area contributed by atoms with Crippen LogP contribution >= 0.6 is 0 Å². The summed E-state index contributed by atoms with van der Waals surface area (Å²) in [5, 5.41) is 5.55. The van der Waals surface area contributed by atoms with Crippen LogP contribution < -0.4 is 15.5 Å². The summed E-state index contributed by atoms with van der Waals surface area (Å²) in [5.41, 5.74) is 2.44. The molecule has 1 saturated heterocycles. The van der Waals surface area contributed by atoms with Crippen molar-refractivity contribution in [3.63, 3.8) is 0 Å². The Morgan fingerprint density at radius 3 is 2.32 bits per heavy atom. The summed E-state index contributed by atoms with van der Waals surface area (Å²) in [6.07, 6.45) is 0. The van der Waals surface area contributed by atoms with Gasteiger partial charge < -0.3 is 25.2 Å². The van der Waals surface area contributed by atoms with Crippen LogP contribution in [0.25, 0.3) is 0 Å². The maximum Gasteiger partial charge on any atom is 0.254 e. The zero-order valence-corrected chi connectivity index (χ0v) is 20.9. The summed E-state index contributed by atoms with van der Waals surface area (Å²) >= 11 is 0. The quantitative estimate of drug-likeness (QED) is 0.473. The second-order valence-corrected chi connectivity index (χ2v) is 8.81. The molecule has 0 aromatic heterocycles. The third-order valence-corrected chi connectivity index (χ3v) is 6.15. The minimum absolute atomic E-state index is 0.130. The number of anilines is 2. The largest absolute Gasteiger partial charge is 0.375 e. The second kappa shape index (κ2) is 12.3. The molecule has 0 radical (unpaired) electrons. The third-order valence-electron chi connectivity index (χ3n) is 6.15. The molecule has 1 aliphatic heterocycles. The first-order chi connectivity index (χ1) is 18.3. The van der Waals surface area contributed by atoms with E-state index in [1.807, 2.05) is 4.90 Å². The van der Waals surface area contributed by atoms with Crippen LogP contribution in [0.2, 0.25) is 0 Å². The van der Waals surface area contributed by atoms with Gasteiger partial charge in [-0.2, -0.15) is 0 Å². The van der Waals surface area contributed by atoms with E-state index in [2.05, 4.69) is 10.6 Å². The van der Waals surface area contributed by atoms with Crippen LogP contribution in [0.1, 0.15) is 26.3 Å².